The van der Waals surface area contributed by atoms with E-state index in [1.54, 1.807) is 13.1 Å². The maximum Gasteiger partial charge on any atom is 0.271 e. The van der Waals surface area contributed by atoms with Gasteiger partial charge in [-0.15, -0.1) is 0 Å². The summed E-state index contributed by atoms with van der Waals surface area (Å²) in [6, 6.07) is 3.80. The second kappa shape index (κ2) is 17.8. The Morgan fingerprint density at radius 1 is 1.29 bits per heavy atom. The number of allylic oxidation sites excluding steroid dienone is 4. The summed E-state index contributed by atoms with van der Waals surface area (Å²) in [6.07, 6.45) is 6.63. The Labute approximate surface area is 142 Å². The summed E-state index contributed by atoms with van der Waals surface area (Å²) in [6.45, 7) is 13.3. The van der Waals surface area contributed by atoms with Gasteiger partial charge in [-0.3, -0.25) is 10.1 Å². The molecule has 0 saturated heterocycles. The third-order valence-corrected chi connectivity index (χ3v) is 2.46. The molecular formula is C17H24N2O5. The van der Waals surface area contributed by atoms with Crippen molar-refractivity contribution in [3.05, 3.63) is 65.3 Å². The fourth-order valence-corrected chi connectivity index (χ4v) is 1.32. The van der Waals surface area contributed by atoms with Crippen molar-refractivity contribution in [2.45, 2.75) is 13.3 Å². The Balaban J connectivity index is -0.000000321. The van der Waals surface area contributed by atoms with Crippen LogP contribution in [-0.4, -0.2) is 30.7 Å². The van der Waals surface area contributed by atoms with E-state index in [4.69, 9.17) is 14.7 Å². The van der Waals surface area contributed by atoms with Gasteiger partial charge in [-0.25, -0.2) is 0 Å². The summed E-state index contributed by atoms with van der Waals surface area (Å²) in [5.41, 5.74) is 1.54. The van der Waals surface area contributed by atoms with E-state index >= 15 is 0 Å². The molecule has 0 spiro atoms. The maximum absolute atomic E-state index is 10.3. The monoisotopic (exact) mass is 336 g/mol. The lowest BCUT2D eigenvalue weighted by molar-refractivity contribution is -0.384. The third-order valence-electron chi connectivity index (χ3n) is 2.46. The van der Waals surface area contributed by atoms with Crippen molar-refractivity contribution in [3.63, 3.8) is 0 Å². The number of hydrogen-bond acceptors (Lipinski definition) is 6. The van der Waals surface area contributed by atoms with Crippen molar-refractivity contribution in [1.82, 2.24) is 0 Å². The molecule has 0 aliphatic heterocycles. The Hall–Kier alpha value is -3.22. The Bertz CT molecular complexity index is 540. The number of carbonyl (C=O) groups excluding carboxylic acids is 2. The van der Waals surface area contributed by atoms with Crippen LogP contribution in [-0.2, 0) is 9.59 Å². The molecule has 1 aromatic carbocycles. The molecule has 0 fully saturated rings. The van der Waals surface area contributed by atoms with Crippen LogP contribution < -0.4 is 5.32 Å². The smallest absolute Gasteiger partial charge is 0.271 e. The normalized spacial score (nSPS) is 8.67. The number of carbonyl (C=O) groups is 2. The summed E-state index contributed by atoms with van der Waals surface area (Å²) >= 11 is 0. The summed E-state index contributed by atoms with van der Waals surface area (Å²) in [5.74, 6) is 0.00287. The van der Waals surface area contributed by atoms with Gasteiger partial charge in [0, 0.05) is 19.2 Å². The van der Waals surface area contributed by atoms with Crippen molar-refractivity contribution in [1.29, 1.82) is 0 Å². The molecule has 1 rings (SSSR count). The van der Waals surface area contributed by atoms with E-state index in [9.17, 15) is 10.1 Å². The van der Waals surface area contributed by atoms with Crippen LogP contribution >= 0.6 is 0 Å². The quantitative estimate of drug-likeness (QED) is 0.367. The second-order valence-electron chi connectivity index (χ2n) is 3.74. The van der Waals surface area contributed by atoms with Crippen LogP contribution in [0.4, 0.5) is 11.4 Å². The second-order valence-corrected chi connectivity index (χ2v) is 3.74. The average molecular weight is 336 g/mol. The van der Waals surface area contributed by atoms with Crippen molar-refractivity contribution >= 4 is 25.0 Å². The minimum atomic E-state index is -0.514. The molecule has 0 bridgehead atoms. The van der Waals surface area contributed by atoms with Gasteiger partial charge in [0.05, 0.1) is 10.6 Å². The molecule has 24 heavy (non-hydrogen) atoms. The van der Waals surface area contributed by atoms with Crippen molar-refractivity contribution in [2.75, 3.05) is 12.4 Å². The topological polar surface area (TPSA) is 110 Å². The van der Waals surface area contributed by atoms with E-state index in [-0.39, 0.29) is 11.4 Å². The van der Waals surface area contributed by atoms with Crippen molar-refractivity contribution in [2.24, 2.45) is 0 Å². The summed E-state index contributed by atoms with van der Waals surface area (Å²) in [5, 5.41) is 22.0. The molecule has 7 nitrogen and oxygen atoms in total. The molecule has 0 unspecified atom stereocenters. The molecule has 0 aliphatic rings. The molecule has 7 heteroatoms. The van der Waals surface area contributed by atoms with Gasteiger partial charge in [0.1, 0.15) is 19.3 Å². The maximum atomic E-state index is 10.3. The van der Waals surface area contributed by atoms with Gasteiger partial charge in [-0.05, 0) is 18.1 Å². The zero-order chi connectivity index (χ0) is 19.5. The molecule has 0 aromatic heterocycles. The number of rotatable bonds is 5. The first-order chi connectivity index (χ1) is 11.5. The van der Waals surface area contributed by atoms with Gasteiger partial charge in [0.2, 0.25) is 0 Å². The van der Waals surface area contributed by atoms with Gasteiger partial charge in [0.25, 0.3) is 5.69 Å². The minimum absolute atomic E-state index is 0.00287. The number of aromatic hydroxyl groups is 1. The number of nitrogens with one attached hydrogen (secondary N) is 1. The first-order valence-corrected chi connectivity index (χ1v) is 6.67. The lowest BCUT2D eigenvalue weighted by Gasteiger charge is -2.01. The van der Waals surface area contributed by atoms with E-state index in [0.29, 0.717) is 5.69 Å². The third kappa shape index (κ3) is 11.4. The first kappa shape index (κ1) is 25.7. The largest absolute Gasteiger partial charge is 0.506 e. The SMILES string of the molecule is C=C/C=C(\C=C)CC.C=O.C=O.CNc1cc([N+](=O)[O-])ccc1O. The van der Waals surface area contributed by atoms with Crippen molar-refractivity contribution in [3.8, 4) is 5.75 Å². The number of non-ortho nitro benzene ring substituents is 1. The van der Waals surface area contributed by atoms with E-state index in [1.807, 2.05) is 25.7 Å². The van der Waals surface area contributed by atoms with Crippen LogP contribution in [0.1, 0.15) is 13.3 Å². The highest BCUT2D eigenvalue weighted by Gasteiger charge is 2.08. The highest BCUT2D eigenvalue weighted by Crippen LogP contribution is 2.26. The summed E-state index contributed by atoms with van der Waals surface area (Å²) < 4.78 is 0. The van der Waals surface area contributed by atoms with Gasteiger partial charge in [0.15, 0.2) is 0 Å². The van der Waals surface area contributed by atoms with Crippen LogP contribution in [0.2, 0.25) is 0 Å². The number of nitrogens with zero attached hydrogens (tertiary/aromatic N) is 1. The van der Waals surface area contributed by atoms with E-state index in [2.05, 4.69) is 25.4 Å². The Morgan fingerprint density at radius 3 is 2.12 bits per heavy atom. The summed E-state index contributed by atoms with van der Waals surface area (Å²) in [4.78, 5) is 25.8. The number of phenolic OH excluding ortho intramolecular Hbond substituents is 1. The average Bonchev–Trinajstić information content (AvgIpc) is 2.63. The highest BCUT2D eigenvalue weighted by molar-refractivity contribution is 5.60. The Morgan fingerprint density at radius 2 is 1.83 bits per heavy atom. The van der Waals surface area contributed by atoms with Gasteiger partial charge < -0.3 is 20.0 Å². The van der Waals surface area contributed by atoms with Crippen LogP contribution in [0.25, 0.3) is 0 Å². The molecule has 0 atom stereocenters. The lowest BCUT2D eigenvalue weighted by Crippen LogP contribution is -1.92. The number of benzene rings is 1. The molecule has 0 aliphatic carbocycles. The predicted octanol–water partition coefficient (Wildman–Crippen LogP) is 3.67. The molecule has 0 amide bonds. The number of anilines is 1. The van der Waals surface area contributed by atoms with E-state index in [0.717, 1.165) is 6.42 Å². The number of nitro benzene ring substituents is 1. The zero-order valence-corrected chi connectivity index (χ0v) is 14.0. The Kier molecular flexibility index (Phi) is 19.1. The molecule has 132 valence electrons. The van der Waals surface area contributed by atoms with Crippen LogP contribution in [0.15, 0.2) is 55.2 Å². The van der Waals surface area contributed by atoms with Crippen molar-refractivity contribution < 1.29 is 19.6 Å². The van der Waals surface area contributed by atoms with E-state index in [1.165, 1.54) is 23.8 Å². The highest BCUT2D eigenvalue weighted by atomic mass is 16.6. The molecular weight excluding hydrogens is 312 g/mol. The first-order valence-electron chi connectivity index (χ1n) is 6.67. The van der Waals surface area contributed by atoms with Gasteiger partial charge in [-0.1, -0.05) is 38.3 Å². The van der Waals surface area contributed by atoms with Gasteiger partial charge in [-0.2, -0.15) is 0 Å². The standard InChI is InChI=1S/C8H12.C7H8N2O3.2CH2O/c1-4-7-8(5-2)6-3;1-8-6-4-5(9(11)12)2-3-7(6)10;2*1-2/h4-5,7H,1-2,6H2,3H3;2-4,8,10H,1H3;2*1H2/b8-7+;;;. The predicted molar refractivity (Wildman–Crippen MR) is 97.3 cm³/mol. The molecule has 1 aromatic rings. The fraction of sp³-hybridized carbons (Fsp3) is 0.176. The number of nitro groups is 1. The molecule has 0 saturated carbocycles. The lowest BCUT2D eigenvalue weighted by atomic mass is 10.2. The molecule has 0 heterocycles. The van der Waals surface area contributed by atoms with Crippen LogP contribution in [0.3, 0.4) is 0 Å². The fourth-order valence-electron chi connectivity index (χ4n) is 1.32. The van der Waals surface area contributed by atoms with Crippen LogP contribution in [0, 0.1) is 10.1 Å². The molecule has 0 radical (unpaired) electrons. The minimum Gasteiger partial charge on any atom is -0.506 e. The van der Waals surface area contributed by atoms with E-state index < -0.39 is 4.92 Å². The van der Waals surface area contributed by atoms with Gasteiger partial charge >= 0.3 is 0 Å². The summed E-state index contributed by atoms with van der Waals surface area (Å²) in [7, 11) is 1.58. The van der Waals surface area contributed by atoms with Crippen LogP contribution in [0.5, 0.6) is 5.75 Å². The number of phenols is 1. The molecule has 2 N–H and O–H groups in total. The zero-order valence-electron chi connectivity index (χ0n) is 14.0. The number of hydrogen-bond donors (Lipinski definition) is 2.